The van der Waals surface area contributed by atoms with Gasteiger partial charge in [-0.25, -0.2) is 4.79 Å². The number of halogens is 1. The number of ether oxygens (including phenoxy) is 2. The summed E-state index contributed by atoms with van der Waals surface area (Å²) in [5.41, 5.74) is 1.86. The van der Waals surface area contributed by atoms with Gasteiger partial charge in [0.15, 0.2) is 0 Å². The molecule has 28 heavy (non-hydrogen) atoms. The zero-order valence-electron chi connectivity index (χ0n) is 15.6. The first-order valence-electron chi connectivity index (χ1n) is 8.50. The number of benzene rings is 2. The van der Waals surface area contributed by atoms with E-state index in [2.05, 4.69) is 16.0 Å². The van der Waals surface area contributed by atoms with E-state index < -0.39 is 18.0 Å². The van der Waals surface area contributed by atoms with Gasteiger partial charge in [-0.1, -0.05) is 29.8 Å². The number of allylic oxidation sites excluding steroid dienone is 1. The van der Waals surface area contributed by atoms with Crippen molar-refractivity contribution in [2.45, 2.75) is 13.0 Å². The number of rotatable bonds is 5. The van der Waals surface area contributed by atoms with Gasteiger partial charge in [0.05, 0.1) is 31.5 Å². The minimum Gasteiger partial charge on any atom is -0.497 e. The molecule has 0 fully saturated rings. The predicted octanol–water partition coefficient (Wildman–Crippen LogP) is 3.62. The summed E-state index contributed by atoms with van der Waals surface area (Å²) in [5, 5.41) is 8.68. The maximum absolute atomic E-state index is 13.1. The van der Waals surface area contributed by atoms with Gasteiger partial charge in [0.1, 0.15) is 11.5 Å². The molecule has 0 bridgehead atoms. The third-order valence-corrected chi connectivity index (χ3v) is 4.73. The Morgan fingerprint density at radius 1 is 1.14 bits per heavy atom. The number of methoxy groups -OCH3 is 2. The van der Waals surface area contributed by atoms with E-state index in [0.29, 0.717) is 39.0 Å². The standard InChI is InChI=1S/C20H20ClN3O4/c1-11-17(18(24-20(26)22-11)13-6-4-5-7-14(13)21)19(25)23-15-10-12(27-2)8-9-16(15)28-3/h4-10,18H,1-3H3,(H,23,25)(H2,22,24,26)/t18-/m0/s1. The van der Waals surface area contributed by atoms with Crippen LogP contribution < -0.4 is 25.4 Å². The largest absolute Gasteiger partial charge is 0.497 e. The molecule has 2 aromatic carbocycles. The first-order valence-corrected chi connectivity index (χ1v) is 8.88. The van der Waals surface area contributed by atoms with Crippen molar-refractivity contribution < 1.29 is 19.1 Å². The molecule has 1 heterocycles. The first-order chi connectivity index (χ1) is 13.4. The van der Waals surface area contributed by atoms with E-state index in [9.17, 15) is 9.59 Å². The molecule has 3 N–H and O–H groups in total. The van der Waals surface area contributed by atoms with Crippen LogP contribution in [0.25, 0.3) is 0 Å². The number of anilines is 1. The Bertz CT molecular complexity index is 958. The van der Waals surface area contributed by atoms with Gasteiger partial charge >= 0.3 is 6.03 Å². The van der Waals surface area contributed by atoms with Crippen molar-refractivity contribution >= 4 is 29.2 Å². The number of amides is 3. The summed E-state index contributed by atoms with van der Waals surface area (Å²) < 4.78 is 10.5. The normalized spacial score (nSPS) is 16.1. The number of carbonyl (C=O) groups is 2. The van der Waals surface area contributed by atoms with Crippen molar-refractivity contribution in [2.24, 2.45) is 0 Å². The molecule has 0 spiro atoms. The van der Waals surface area contributed by atoms with E-state index in [1.807, 2.05) is 0 Å². The highest BCUT2D eigenvalue weighted by atomic mass is 35.5. The van der Waals surface area contributed by atoms with E-state index in [1.165, 1.54) is 14.2 Å². The molecule has 1 aliphatic rings. The Kier molecular flexibility index (Phi) is 5.75. The maximum Gasteiger partial charge on any atom is 0.319 e. The van der Waals surface area contributed by atoms with Crippen molar-refractivity contribution in [1.29, 1.82) is 0 Å². The second-order valence-electron chi connectivity index (χ2n) is 6.11. The Morgan fingerprint density at radius 2 is 1.89 bits per heavy atom. The zero-order chi connectivity index (χ0) is 20.3. The second kappa shape index (κ2) is 8.22. The number of nitrogens with one attached hydrogen (secondary N) is 3. The van der Waals surface area contributed by atoms with Crippen LogP contribution in [-0.4, -0.2) is 26.2 Å². The van der Waals surface area contributed by atoms with Gasteiger partial charge < -0.3 is 25.4 Å². The molecule has 8 heteroatoms. The van der Waals surface area contributed by atoms with E-state index in [4.69, 9.17) is 21.1 Å². The van der Waals surface area contributed by atoms with Crippen molar-refractivity contribution in [3.05, 3.63) is 64.3 Å². The molecule has 7 nitrogen and oxygen atoms in total. The summed E-state index contributed by atoms with van der Waals surface area (Å²) >= 11 is 6.31. The quantitative estimate of drug-likeness (QED) is 0.713. The molecule has 3 rings (SSSR count). The Balaban J connectivity index is 2.00. The summed E-state index contributed by atoms with van der Waals surface area (Å²) in [5.74, 6) is 0.649. The summed E-state index contributed by atoms with van der Waals surface area (Å²) in [7, 11) is 3.05. The fourth-order valence-electron chi connectivity index (χ4n) is 3.04. The van der Waals surface area contributed by atoms with Crippen LogP contribution in [0.3, 0.4) is 0 Å². The fraction of sp³-hybridized carbons (Fsp3) is 0.200. The molecule has 0 radical (unpaired) electrons. The molecular weight excluding hydrogens is 382 g/mol. The minimum atomic E-state index is -0.695. The van der Waals surface area contributed by atoms with Crippen molar-refractivity contribution in [1.82, 2.24) is 10.6 Å². The molecule has 0 aliphatic carbocycles. The van der Waals surface area contributed by atoms with Crippen LogP contribution in [-0.2, 0) is 4.79 Å². The van der Waals surface area contributed by atoms with E-state index in [1.54, 1.807) is 49.4 Å². The van der Waals surface area contributed by atoms with E-state index in [0.717, 1.165) is 0 Å². The summed E-state index contributed by atoms with van der Waals surface area (Å²) in [6.07, 6.45) is 0. The van der Waals surface area contributed by atoms with Crippen LogP contribution >= 0.6 is 11.6 Å². The molecule has 0 aromatic heterocycles. The van der Waals surface area contributed by atoms with Gasteiger partial charge in [-0.3, -0.25) is 4.79 Å². The lowest BCUT2D eigenvalue weighted by Crippen LogP contribution is -2.46. The topological polar surface area (TPSA) is 88.7 Å². The van der Waals surface area contributed by atoms with E-state index >= 15 is 0 Å². The van der Waals surface area contributed by atoms with Crippen LogP contribution in [0.5, 0.6) is 11.5 Å². The number of hydrogen-bond acceptors (Lipinski definition) is 4. The van der Waals surface area contributed by atoms with Gasteiger partial charge in [0, 0.05) is 16.8 Å². The number of urea groups is 1. The lowest BCUT2D eigenvalue weighted by molar-refractivity contribution is -0.113. The first kappa shape index (κ1) is 19.6. The van der Waals surface area contributed by atoms with Gasteiger partial charge in [0.2, 0.25) is 0 Å². The van der Waals surface area contributed by atoms with Crippen molar-refractivity contribution in [3.8, 4) is 11.5 Å². The SMILES string of the molecule is COc1ccc(OC)c(NC(=O)C2=C(C)NC(=O)N[C@H]2c2ccccc2Cl)c1. The second-order valence-corrected chi connectivity index (χ2v) is 6.52. The monoisotopic (exact) mass is 401 g/mol. The minimum absolute atomic E-state index is 0.345. The molecule has 146 valence electrons. The lowest BCUT2D eigenvalue weighted by Gasteiger charge is -2.29. The fourth-order valence-corrected chi connectivity index (χ4v) is 3.28. The summed E-state index contributed by atoms with van der Waals surface area (Å²) in [4.78, 5) is 25.2. The molecule has 1 atom stereocenters. The van der Waals surface area contributed by atoms with Gasteiger partial charge in [-0.15, -0.1) is 0 Å². The highest BCUT2D eigenvalue weighted by molar-refractivity contribution is 6.31. The van der Waals surface area contributed by atoms with Crippen LogP contribution in [0.1, 0.15) is 18.5 Å². The highest BCUT2D eigenvalue weighted by Crippen LogP contribution is 2.34. The van der Waals surface area contributed by atoms with Gasteiger partial charge in [-0.05, 0) is 30.7 Å². The molecular formula is C20H20ClN3O4. The summed E-state index contributed by atoms with van der Waals surface area (Å²) in [6.45, 7) is 1.67. The van der Waals surface area contributed by atoms with Crippen LogP contribution in [0, 0.1) is 0 Å². The van der Waals surface area contributed by atoms with Crippen LogP contribution in [0.4, 0.5) is 10.5 Å². The Morgan fingerprint density at radius 3 is 2.57 bits per heavy atom. The molecule has 2 aromatic rings. The molecule has 3 amide bonds. The third kappa shape index (κ3) is 3.89. The third-order valence-electron chi connectivity index (χ3n) is 4.38. The smallest absolute Gasteiger partial charge is 0.319 e. The van der Waals surface area contributed by atoms with Gasteiger partial charge in [-0.2, -0.15) is 0 Å². The lowest BCUT2D eigenvalue weighted by atomic mass is 9.94. The van der Waals surface area contributed by atoms with E-state index in [-0.39, 0.29) is 0 Å². The molecule has 1 aliphatic heterocycles. The molecule has 0 saturated carbocycles. The zero-order valence-corrected chi connectivity index (χ0v) is 16.4. The highest BCUT2D eigenvalue weighted by Gasteiger charge is 2.32. The summed E-state index contributed by atoms with van der Waals surface area (Å²) in [6, 6.07) is 11.0. The Labute approximate surface area is 167 Å². The average molecular weight is 402 g/mol. The van der Waals surface area contributed by atoms with Crippen LogP contribution in [0.2, 0.25) is 5.02 Å². The predicted molar refractivity (Wildman–Crippen MR) is 107 cm³/mol. The number of carbonyl (C=O) groups excluding carboxylic acids is 2. The molecule has 0 unspecified atom stereocenters. The molecule has 0 saturated heterocycles. The number of hydrogen-bond donors (Lipinski definition) is 3. The van der Waals surface area contributed by atoms with Gasteiger partial charge in [0.25, 0.3) is 5.91 Å². The van der Waals surface area contributed by atoms with Crippen LogP contribution in [0.15, 0.2) is 53.7 Å². The van der Waals surface area contributed by atoms with Crippen molar-refractivity contribution in [2.75, 3.05) is 19.5 Å². The average Bonchev–Trinajstić information content (AvgIpc) is 2.67. The Hall–Kier alpha value is -3.19. The maximum atomic E-state index is 13.1. The van der Waals surface area contributed by atoms with Crippen molar-refractivity contribution in [3.63, 3.8) is 0 Å².